The second-order valence-corrected chi connectivity index (χ2v) is 5.46. The fourth-order valence-electron chi connectivity index (χ4n) is 1.98. The number of esters is 1. The average molecular weight is 349 g/mol. The van der Waals surface area contributed by atoms with Crippen LogP contribution in [-0.4, -0.2) is 19.2 Å². The Morgan fingerprint density at radius 2 is 1.76 bits per heavy atom. The van der Waals surface area contributed by atoms with E-state index >= 15 is 0 Å². The van der Waals surface area contributed by atoms with Crippen LogP contribution >= 0.6 is 15.9 Å². The van der Waals surface area contributed by atoms with Crippen molar-refractivity contribution in [3.05, 3.63) is 70.2 Å². The van der Waals surface area contributed by atoms with Gasteiger partial charge < -0.3 is 9.47 Å². The number of halogens is 1. The van der Waals surface area contributed by atoms with Gasteiger partial charge in [-0.25, -0.2) is 4.79 Å². The van der Waals surface area contributed by atoms with Crippen LogP contribution in [-0.2, 0) is 27.3 Å². The largest absolute Gasteiger partial charge is 0.467 e. The fraction of sp³-hybridized carbons (Fsp3) is 0.235. The second-order valence-electron chi connectivity index (χ2n) is 4.60. The Morgan fingerprint density at radius 1 is 1.10 bits per heavy atom. The van der Waals surface area contributed by atoms with Crippen LogP contribution in [0.15, 0.2) is 59.1 Å². The van der Waals surface area contributed by atoms with Crippen molar-refractivity contribution in [3.63, 3.8) is 0 Å². The molecule has 1 atom stereocenters. The Bertz CT molecular complexity index is 584. The van der Waals surface area contributed by atoms with Gasteiger partial charge in [0.25, 0.3) is 0 Å². The van der Waals surface area contributed by atoms with E-state index < -0.39 is 6.10 Å². The Labute approximate surface area is 133 Å². The van der Waals surface area contributed by atoms with Gasteiger partial charge in [0.05, 0.1) is 13.7 Å². The molecule has 2 rings (SSSR count). The summed E-state index contributed by atoms with van der Waals surface area (Å²) in [5.41, 5.74) is 2.04. The monoisotopic (exact) mass is 348 g/mol. The van der Waals surface area contributed by atoms with E-state index in [9.17, 15) is 4.79 Å². The average Bonchev–Trinajstić information content (AvgIpc) is 2.53. The minimum Gasteiger partial charge on any atom is -0.467 e. The first kappa shape index (κ1) is 15.7. The molecule has 0 aliphatic heterocycles. The van der Waals surface area contributed by atoms with Gasteiger partial charge in [-0.2, -0.15) is 0 Å². The third-order valence-electron chi connectivity index (χ3n) is 3.12. The summed E-state index contributed by atoms with van der Waals surface area (Å²) >= 11 is 3.48. The van der Waals surface area contributed by atoms with Gasteiger partial charge >= 0.3 is 5.97 Å². The predicted octanol–water partition coefficient (Wildman–Crippen LogP) is 3.75. The molecule has 2 aromatic rings. The molecule has 0 radical (unpaired) electrons. The highest BCUT2D eigenvalue weighted by Gasteiger charge is 2.21. The Balaban J connectivity index is 2.05. The molecule has 0 amide bonds. The first-order chi connectivity index (χ1) is 10.2. The number of rotatable bonds is 6. The summed E-state index contributed by atoms with van der Waals surface area (Å²) < 4.78 is 11.5. The van der Waals surface area contributed by atoms with Crippen molar-refractivity contribution in [3.8, 4) is 0 Å². The van der Waals surface area contributed by atoms with Gasteiger partial charge in [-0.3, -0.25) is 0 Å². The van der Waals surface area contributed by atoms with Crippen molar-refractivity contribution in [2.45, 2.75) is 19.1 Å². The molecule has 0 spiro atoms. The number of methoxy groups -OCH3 is 1. The van der Waals surface area contributed by atoms with Gasteiger partial charge in [0.1, 0.15) is 0 Å². The van der Waals surface area contributed by atoms with Crippen LogP contribution in [0.5, 0.6) is 0 Å². The quantitative estimate of drug-likeness (QED) is 0.745. The molecule has 4 heteroatoms. The van der Waals surface area contributed by atoms with Crippen LogP contribution in [0.1, 0.15) is 11.1 Å². The SMILES string of the molecule is COC(=O)C(Cc1ccccc1Br)OCc1ccccc1. The molecular weight excluding hydrogens is 332 g/mol. The maximum Gasteiger partial charge on any atom is 0.335 e. The first-order valence-corrected chi connectivity index (χ1v) is 7.46. The number of benzene rings is 2. The summed E-state index contributed by atoms with van der Waals surface area (Å²) in [6.07, 6.45) is -0.144. The lowest BCUT2D eigenvalue weighted by atomic mass is 10.1. The fourth-order valence-corrected chi connectivity index (χ4v) is 2.42. The molecule has 3 nitrogen and oxygen atoms in total. The maximum atomic E-state index is 11.9. The van der Waals surface area contributed by atoms with Gasteiger partial charge in [0, 0.05) is 10.9 Å². The molecule has 0 bridgehead atoms. The molecule has 110 valence electrons. The zero-order chi connectivity index (χ0) is 15.1. The van der Waals surface area contributed by atoms with Gasteiger partial charge in [-0.1, -0.05) is 64.5 Å². The molecule has 0 saturated carbocycles. The minimum absolute atomic E-state index is 0.360. The van der Waals surface area contributed by atoms with Gasteiger partial charge in [0.15, 0.2) is 6.10 Å². The summed E-state index contributed by atoms with van der Waals surface area (Å²) in [5, 5.41) is 0. The zero-order valence-corrected chi connectivity index (χ0v) is 13.4. The molecular formula is C17H17BrO3. The third kappa shape index (κ3) is 4.69. The highest BCUT2D eigenvalue weighted by molar-refractivity contribution is 9.10. The van der Waals surface area contributed by atoms with Crippen molar-refractivity contribution in [1.82, 2.24) is 0 Å². The van der Waals surface area contributed by atoms with E-state index in [0.29, 0.717) is 13.0 Å². The topological polar surface area (TPSA) is 35.5 Å². The van der Waals surface area contributed by atoms with Crippen LogP contribution in [0.25, 0.3) is 0 Å². The number of carbonyl (C=O) groups is 1. The summed E-state index contributed by atoms with van der Waals surface area (Å²) in [5.74, 6) is -0.360. The molecule has 21 heavy (non-hydrogen) atoms. The lowest BCUT2D eigenvalue weighted by Gasteiger charge is -2.16. The first-order valence-electron chi connectivity index (χ1n) is 6.67. The lowest BCUT2D eigenvalue weighted by molar-refractivity contribution is -0.154. The van der Waals surface area contributed by atoms with Crippen molar-refractivity contribution >= 4 is 21.9 Å². The van der Waals surface area contributed by atoms with Crippen molar-refractivity contribution < 1.29 is 14.3 Å². The molecule has 1 unspecified atom stereocenters. The highest BCUT2D eigenvalue weighted by atomic mass is 79.9. The maximum absolute atomic E-state index is 11.9. The molecule has 0 saturated heterocycles. The van der Waals surface area contributed by atoms with Crippen LogP contribution in [0, 0.1) is 0 Å². The molecule has 0 N–H and O–H groups in total. The van der Waals surface area contributed by atoms with Crippen LogP contribution in [0.3, 0.4) is 0 Å². The smallest absolute Gasteiger partial charge is 0.335 e. The van der Waals surface area contributed by atoms with E-state index in [0.717, 1.165) is 15.6 Å². The van der Waals surface area contributed by atoms with E-state index in [1.165, 1.54) is 7.11 Å². The lowest BCUT2D eigenvalue weighted by Crippen LogP contribution is -2.28. The van der Waals surface area contributed by atoms with Gasteiger partial charge in [-0.15, -0.1) is 0 Å². The minimum atomic E-state index is -0.617. The van der Waals surface area contributed by atoms with Gasteiger partial charge in [0.2, 0.25) is 0 Å². The molecule has 0 heterocycles. The zero-order valence-electron chi connectivity index (χ0n) is 11.8. The van der Waals surface area contributed by atoms with Crippen molar-refractivity contribution in [2.24, 2.45) is 0 Å². The number of carbonyl (C=O) groups excluding carboxylic acids is 1. The molecule has 0 aliphatic carbocycles. The number of hydrogen-bond acceptors (Lipinski definition) is 3. The van der Waals surface area contributed by atoms with E-state index in [1.54, 1.807) is 0 Å². The third-order valence-corrected chi connectivity index (χ3v) is 3.89. The van der Waals surface area contributed by atoms with Gasteiger partial charge in [-0.05, 0) is 17.2 Å². The Kier molecular flexibility index (Phi) is 5.96. The van der Waals surface area contributed by atoms with E-state index in [1.807, 2.05) is 54.6 Å². The van der Waals surface area contributed by atoms with Crippen LogP contribution in [0.2, 0.25) is 0 Å². The standard InChI is InChI=1S/C17H17BrO3/c1-20-17(19)16(11-14-9-5-6-10-15(14)18)21-12-13-7-3-2-4-8-13/h2-10,16H,11-12H2,1H3. The molecule has 2 aromatic carbocycles. The highest BCUT2D eigenvalue weighted by Crippen LogP contribution is 2.19. The number of ether oxygens (including phenoxy) is 2. The van der Waals surface area contributed by atoms with E-state index in [-0.39, 0.29) is 5.97 Å². The second kappa shape index (κ2) is 7.96. The summed E-state index contributed by atoms with van der Waals surface area (Å²) in [4.78, 5) is 11.9. The summed E-state index contributed by atoms with van der Waals surface area (Å²) in [6.45, 7) is 0.380. The van der Waals surface area contributed by atoms with Crippen LogP contribution < -0.4 is 0 Å². The Hall–Kier alpha value is -1.65. The van der Waals surface area contributed by atoms with E-state index in [2.05, 4.69) is 15.9 Å². The molecule has 0 aromatic heterocycles. The van der Waals surface area contributed by atoms with Crippen molar-refractivity contribution in [1.29, 1.82) is 0 Å². The van der Waals surface area contributed by atoms with Crippen molar-refractivity contribution in [2.75, 3.05) is 7.11 Å². The molecule has 0 aliphatic rings. The Morgan fingerprint density at radius 3 is 2.43 bits per heavy atom. The molecule has 0 fully saturated rings. The number of hydrogen-bond donors (Lipinski definition) is 0. The summed E-state index contributed by atoms with van der Waals surface area (Å²) in [7, 11) is 1.38. The van der Waals surface area contributed by atoms with E-state index in [4.69, 9.17) is 9.47 Å². The van der Waals surface area contributed by atoms with Crippen LogP contribution in [0.4, 0.5) is 0 Å². The summed E-state index contributed by atoms with van der Waals surface area (Å²) in [6, 6.07) is 17.5. The predicted molar refractivity (Wildman–Crippen MR) is 84.9 cm³/mol. The normalized spacial score (nSPS) is 11.9.